The lowest BCUT2D eigenvalue weighted by Crippen LogP contribution is -2.46. The van der Waals surface area contributed by atoms with Crippen LogP contribution in [-0.4, -0.2) is 29.9 Å². The van der Waals surface area contributed by atoms with Crippen molar-refractivity contribution in [2.75, 3.05) is 18.4 Å². The molecule has 108 valence electrons. The molecule has 0 spiro atoms. The van der Waals surface area contributed by atoms with Gasteiger partial charge in [-0.1, -0.05) is 0 Å². The summed E-state index contributed by atoms with van der Waals surface area (Å²) in [6.45, 7) is 0.730. The fourth-order valence-corrected chi connectivity index (χ4v) is 2.22. The van der Waals surface area contributed by atoms with Gasteiger partial charge in [-0.05, 0) is 25.0 Å². The summed E-state index contributed by atoms with van der Waals surface area (Å²) < 4.78 is 26.2. The predicted molar refractivity (Wildman–Crippen MR) is 68.9 cm³/mol. The van der Waals surface area contributed by atoms with E-state index in [1.54, 1.807) is 0 Å². The summed E-state index contributed by atoms with van der Waals surface area (Å²) in [6, 6.07) is 2.36. The Labute approximate surface area is 114 Å². The molecule has 1 aliphatic rings. The van der Waals surface area contributed by atoms with E-state index in [1.165, 1.54) is 4.90 Å². The summed E-state index contributed by atoms with van der Waals surface area (Å²) in [7, 11) is 0. The van der Waals surface area contributed by atoms with Crippen molar-refractivity contribution in [2.24, 2.45) is 11.7 Å². The summed E-state index contributed by atoms with van der Waals surface area (Å²) >= 11 is 0. The number of nitrogens with zero attached hydrogens (tertiary/aromatic N) is 1. The molecule has 0 aliphatic carbocycles. The molecule has 3 amide bonds. The first-order valence-electron chi connectivity index (χ1n) is 6.27. The number of nitrogens with one attached hydrogen (secondary N) is 1. The molecule has 1 aromatic rings. The number of primary amides is 1. The van der Waals surface area contributed by atoms with Gasteiger partial charge in [-0.3, -0.25) is 4.79 Å². The van der Waals surface area contributed by atoms with E-state index in [1.807, 2.05) is 0 Å². The van der Waals surface area contributed by atoms with Crippen molar-refractivity contribution >= 4 is 17.6 Å². The number of carbonyl (C=O) groups excluding carboxylic acids is 2. The first-order chi connectivity index (χ1) is 9.47. The van der Waals surface area contributed by atoms with Crippen LogP contribution in [-0.2, 0) is 4.79 Å². The van der Waals surface area contributed by atoms with Gasteiger partial charge in [-0.15, -0.1) is 0 Å². The number of hydrogen-bond acceptors (Lipinski definition) is 2. The number of carbonyl (C=O) groups is 2. The molecule has 1 fully saturated rings. The Morgan fingerprint density at radius 1 is 1.35 bits per heavy atom. The molecule has 1 aromatic carbocycles. The van der Waals surface area contributed by atoms with Gasteiger partial charge < -0.3 is 16.0 Å². The van der Waals surface area contributed by atoms with Gasteiger partial charge in [-0.2, -0.15) is 0 Å². The third-order valence-corrected chi connectivity index (χ3v) is 3.29. The zero-order valence-corrected chi connectivity index (χ0v) is 10.7. The van der Waals surface area contributed by atoms with E-state index in [0.717, 1.165) is 12.1 Å². The lowest BCUT2D eigenvalue weighted by Gasteiger charge is -2.30. The van der Waals surface area contributed by atoms with Crippen LogP contribution in [0.5, 0.6) is 0 Å². The lowest BCUT2D eigenvalue weighted by molar-refractivity contribution is -0.121. The van der Waals surface area contributed by atoms with E-state index in [0.29, 0.717) is 25.5 Å². The van der Waals surface area contributed by atoms with E-state index in [-0.39, 0.29) is 12.2 Å². The number of hydrogen-bond donors (Lipinski definition) is 2. The van der Waals surface area contributed by atoms with Crippen LogP contribution in [0.25, 0.3) is 0 Å². The monoisotopic (exact) mass is 283 g/mol. The summed E-state index contributed by atoms with van der Waals surface area (Å²) in [5, 5.41) is 2.41. The molecule has 3 N–H and O–H groups in total. The summed E-state index contributed by atoms with van der Waals surface area (Å²) in [4.78, 5) is 24.5. The molecular formula is C13H15F2N3O2. The molecule has 0 saturated carbocycles. The van der Waals surface area contributed by atoms with Crippen LogP contribution < -0.4 is 11.1 Å². The second kappa shape index (κ2) is 5.85. The van der Waals surface area contributed by atoms with Crippen LogP contribution in [0.4, 0.5) is 19.3 Å². The number of anilines is 1. The first-order valence-corrected chi connectivity index (χ1v) is 6.27. The van der Waals surface area contributed by atoms with Crippen molar-refractivity contribution in [1.82, 2.24) is 4.90 Å². The molecule has 1 saturated heterocycles. The van der Waals surface area contributed by atoms with E-state index in [4.69, 9.17) is 5.73 Å². The highest BCUT2D eigenvalue weighted by atomic mass is 19.1. The summed E-state index contributed by atoms with van der Waals surface area (Å²) in [5.74, 6) is -2.39. The van der Waals surface area contributed by atoms with Gasteiger partial charge in [0.15, 0.2) is 0 Å². The van der Waals surface area contributed by atoms with Crippen LogP contribution in [0.3, 0.4) is 0 Å². The molecule has 7 heteroatoms. The van der Waals surface area contributed by atoms with Gasteiger partial charge in [0.2, 0.25) is 5.91 Å². The topological polar surface area (TPSA) is 75.4 Å². The number of rotatable bonds is 2. The number of nitrogens with two attached hydrogens (primary N) is 1. The van der Waals surface area contributed by atoms with Gasteiger partial charge in [0.05, 0.1) is 11.6 Å². The maximum absolute atomic E-state index is 13.4. The van der Waals surface area contributed by atoms with Crippen molar-refractivity contribution in [2.45, 2.75) is 12.8 Å². The smallest absolute Gasteiger partial charge is 0.314 e. The number of likely N-dealkylation sites (tertiary alicyclic amines) is 1. The Morgan fingerprint density at radius 2 is 2.10 bits per heavy atom. The highest BCUT2D eigenvalue weighted by Crippen LogP contribution is 2.20. The third kappa shape index (κ3) is 3.23. The molecule has 0 unspecified atom stereocenters. The summed E-state index contributed by atoms with van der Waals surface area (Å²) in [5.41, 5.74) is 5.10. The maximum atomic E-state index is 13.4. The van der Waals surface area contributed by atoms with E-state index in [9.17, 15) is 18.4 Å². The second-order valence-electron chi connectivity index (χ2n) is 4.74. The fraction of sp³-hybridized carbons (Fsp3) is 0.385. The van der Waals surface area contributed by atoms with Gasteiger partial charge in [-0.25, -0.2) is 13.6 Å². The van der Waals surface area contributed by atoms with Gasteiger partial charge in [0.25, 0.3) is 0 Å². The molecule has 0 bridgehead atoms. The first kappa shape index (κ1) is 14.2. The highest BCUT2D eigenvalue weighted by Gasteiger charge is 2.27. The normalized spacial score (nSPS) is 18.7. The Hall–Kier alpha value is -2.18. The van der Waals surface area contributed by atoms with Crippen molar-refractivity contribution < 1.29 is 18.4 Å². The molecule has 5 nitrogen and oxygen atoms in total. The average Bonchev–Trinajstić information content (AvgIpc) is 2.42. The average molecular weight is 283 g/mol. The summed E-state index contributed by atoms with van der Waals surface area (Å²) in [6.07, 6.45) is 1.26. The van der Waals surface area contributed by atoms with Crippen molar-refractivity contribution in [3.8, 4) is 0 Å². The maximum Gasteiger partial charge on any atom is 0.314 e. The molecule has 1 heterocycles. The highest BCUT2D eigenvalue weighted by molar-refractivity contribution is 5.93. The van der Waals surface area contributed by atoms with Crippen LogP contribution in [0.2, 0.25) is 0 Å². The number of urea groups is 1. The second-order valence-corrected chi connectivity index (χ2v) is 4.74. The van der Waals surface area contributed by atoms with Gasteiger partial charge in [0.1, 0.15) is 11.6 Å². The number of amides is 3. The Bertz CT molecular complexity index is 536. The van der Waals surface area contributed by atoms with Crippen LogP contribution in [0.1, 0.15) is 12.8 Å². The molecule has 20 heavy (non-hydrogen) atoms. The number of halogens is 2. The largest absolute Gasteiger partial charge is 0.351 e. The molecule has 1 aliphatic heterocycles. The number of piperidine rings is 1. The Kier molecular flexibility index (Phi) is 4.16. The molecule has 2 rings (SSSR count). The van der Waals surface area contributed by atoms with Crippen LogP contribution in [0.15, 0.2) is 18.2 Å². The fourth-order valence-electron chi connectivity index (χ4n) is 2.22. The Morgan fingerprint density at radius 3 is 2.75 bits per heavy atom. The predicted octanol–water partition coefficient (Wildman–Crippen LogP) is 1.69. The minimum atomic E-state index is -0.832. The van der Waals surface area contributed by atoms with Crippen molar-refractivity contribution in [3.05, 3.63) is 29.8 Å². The van der Waals surface area contributed by atoms with E-state index >= 15 is 0 Å². The van der Waals surface area contributed by atoms with Crippen molar-refractivity contribution in [1.29, 1.82) is 0 Å². The zero-order chi connectivity index (χ0) is 14.7. The SMILES string of the molecule is NC(=O)N1CCC[C@H](C(=O)Nc2ccc(F)cc2F)C1. The molecule has 1 atom stereocenters. The van der Waals surface area contributed by atoms with E-state index < -0.39 is 29.5 Å². The van der Waals surface area contributed by atoms with Crippen LogP contribution in [0, 0.1) is 17.6 Å². The Balaban J connectivity index is 2.02. The quantitative estimate of drug-likeness (QED) is 0.866. The molecular weight excluding hydrogens is 268 g/mol. The third-order valence-electron chi connectivity index (χ3n) is 3.29. The molecule has 0 radical (unpaired) electrons. The number of benzene rings is 1. The van der Waals surface area contributed by atoms with Crippen molar-refractivity contribution in [3.63, 3.8) is 0 Å². The van der Waals surface area contributed by atoms with Gasteiger partial charge >= 0.3 is 6.03 Å². The molecule has 0 aromatic heterocycles. The standard InChI is InChI=1S/C13H15F2N3O2/c14-9-3-4-11(10(15)6-9)17-12(19)8-2-1-5-18(7-8)13(16)20/h3-4,6,8H,1-2,5,7H2,(H2,16,20)(H,17,19)/t8-/m0/s1. The van der Waals surface area contributed by atoms with E-state index in [2.05, 4.69) is 5.32 Å². The van der Waals surface area contributed by atoms with Gasteiger partial charge in [0, 0.05) is 19.2 Å². The minimum Gasteiger partial charge on any atom is -0.351 e. The van der Waals surface area contributed by atoms with Crippen LogP contribution >= 0.6 is 0 Å². The zero-order valence-electron chi connectivity index (χ0n) is 10.7. The minimum absolute atomic E-state index is 0.0763. The lowest BCUT2D eigenvalue weighted by atomic mass is 9.97.